The molecule has 0 aliphatic heterocycles. The van der Waals surface area contributed by atoms with Crippen LogP contribution in [0.3, 0.4) is 0 Å². The van der Waals surface area contributed by atoms with Crippen molar-refractivity contribution >= 4 is 11.9 Å². The fourth-order valence-corrected chi connectivity index (χ4v) is 2.23. The molecule has 0 aromatic heterocycles. The molecule has 0 bridgehead atoms. The molecule has 1 aliphatic rings. The van der Waals surface area contributed by atoms with Gasteiger partial charge in [0.25, 0.3) is 0 Å². The second kappa shape index (κ2) is 6.51. The number of hydrogen-bond acceptors (Lipinski definition) is 3. The van der Waals surface area contributed by atoms with Gasteiger partial charge in [-0.3, -0.25) is 4.79 Å². The van der Waals surface area contributed by atoms with Gasteiger partial charge in [-0.25, -0.2) is 4.79 Å². The van der Waals surface area contributed by atoms with Crippen molar-refractivity contribution in [3.05, 3.63) is 0 Å². The minimum Gasteiger partial charge on any atom is -0.447 e. The first-order valence-corrected chi connectivity index (χ1v) is 6.08. The van der Waals surface area contributed by atoms with Crippen LogP contribution in [0.15, 0.2) is 0 Å². The van der Waals surface area contributed by atoms with E-state index in [4.69, 9.17) is 10.5 Å². The quantitative estimate of drug-likeness (QED) is 0.784. The van der Waals surface area contributed by atoms with Crippen LogP contribution in [0.1, 0.15) is 51.9 Å². The third-order valence-corrected chi connectivity index (χ3v) is 3.18. The summed E-state index contributed by atoms with van der Waals surface area (Å²) in [6, 6.07) is 0. The number of rotatable bonds is 5. The lowest BCUT2D eigenvalue weighted by molar-refractivity contribution is -0.124. The summed E-state index contributed by atoms with van der Waals surface area (Å²) >= 11 is 0. The number of nitrogens with two attached hydrogens (primary N) is 1. The smallest absolute Gasteiger partial charge is 0.404 e. The standard InChI is InChI=1S/C12H21NO3/c1-9(16-12(13)15)7-8-11(14)10-5-3-2-4-6-10/h9-10H,2-8H2,1H3,(H2,13,15). The van der Waals surface area contributed by atoms with Crippen LogP contribution >= 0.6 is 0 Å². The first-order valence-electron chi connectivity index (χ1n) is 6.08. The molecule has 0 heterocycles. The second-order valence-electron chi connectivity index (χ2n) is 4.59. The minimum atomic E-state index is -0.766. The summed E-state index contributed by atoms with van der Waals surface area (Å²) in [5.74, 6) is 0.564. The van der Waals surface area contributed by atoms with Crippen molar-refractivity contribution in [1.82, 2.24) is 0 Å². The van der Waals surface area contributed by atoms with Crippen LogP contribution < -0.4 is 5.73 Å². The Morgan fingerprint density at radius 1 is 1.31 bits per heavy atom. The first-order chi connectivity index (χ1) is 7.59. The van der Waals surface area contributed by atoms with E-state index < -0.39 is 6.09 Å². The molecule has 1 saturated carbocycles. The third-order valence-electron chi connectivity index (χ3n) is 3.18. The number of carbonyl (C=O) groups excluding carboxylic acids is 2. The van der Waals surface area contributed by atoms with Gasteiger partial charge in [0.05, 0.1) is 0 Å². The molecule has 0 spiro atoms. The van der Waals surface area contributed by atoms with Gasteiger partial charge in [-0.2, -0.15) is 0 Å². The van der Waals surface area contributed by atoms with E-state index in [1.807, 2.05) is 0 Å². The fraction of sp³-hybridized carbons (Fsp3) is 0.833. The van der Waals surface area contributed by atoms with Gasteiger partial charge in [-0.05, 0) is 26.2 Å². The molecular formula is C12H21NO3. The lowest BCUT2D eigenvalue weighted by atomic mass is 9.84. The van der Waals surface area contributed by atoms with Crippen molar-refractivity contribution in [3.63, 3.8) is 0 Å². The van der Waals surface area contributed by atoms with Gasteiger partial charge in [0.15, 0.2) is 0 Å². The highest BCUT2D eigenvalue weighted by molar-refractivity contribution is 5.81. The van der Waals surface area contributed by atoms with Gasteiger partial charge in [0.2, 0.25) is 0 Å². The summed E-state index contributed by atoms with van der Waals surface area (Å²) in [4.78, 5) is 22.3. The zero-order valence-corrected chi connectivity index (χ0v) is 9.91. The van der Waals surface area contributed by atoms with Crippen molar-refractivity contribution in [2.45, 2.75) is 58.0 Å². The van der Waals surface area contributed by atoms with Crippen molar-refractivity contribution < 1.29 is 14.3 Å². The van der Waals surface area contributed by atoms with Crippen molar-refractivity contribution in [2.24, 2.45) is 11.7 Å². The highest BCUT2D eigenvalue weighted by Crippen LogP contribution is 2.25. The van der Waals surface area contributed by atoms with E-state index in [9.17, 15) is 9.59 Å². The Bertz CT molecular complexity index is 247. The van der Waals surface area contributed by atoms with Gasteiger partial charge >= 0.3 is 6.09 Å². The number of primary amides is 1. The van der Waals surface area contributed by atoms with E-state index in [0.717, 1.165) is 12.8 Å². The lowest BCUT2D eigenvalue weighted by Crippen LogP contribution is -2.23. The van der Waals surface area contributed by atoms with Gasteiger partial charge in [-0.15, -0.1) is 0 Å². The largest absolute Gasteiger partial charge is 0.447 e. The number of Topliss-reactive ketones (excluding diaryl/α,β-unsaturated/α-hetero) is 1. The first kappa shape index (κ1) is 13.0. The lowest BCUT2D eigenvalue weighted by Gasteiger charge is -2.20. The molecule has 1 amide bonds. The highest BCUT2D eigenvalue weighted by Gasteiger charge is 2.21. The molecule has 2 N–H and O–H groups in total. The number of amides is 1. The molecule has 1 atom stereocenters. The van der Waals surface area contributed by atoms with Crippen LogP contribution in [0, 0.1) is 5.92 Å². The van der Waals surface area contributed by atoms with Crippen LogP contribution in [-0.2, 0) is 9.53 Å². The molecular weight excluding hydrogens is 206 g/mol. The highest BCUT2D eigenvalue weighted by atomic mass is 16.6. The van der Waals surface area contributed by atoms with Gasteiger partial charge in [-0.1, -0.05) is 19.3 Å². The summed E-state index contributed by atoms with van der Waals surface area (Å²) in [5, 5.41) is 0. The van der Waals surface area contributed by atoms with Crippen LogP contribution in [0.4, 0.5) is 4.79 Å². The maximum atomic E-state index is 11.8. The molecule has 4 heteroatoms. The predicted octanol–water partition coefficient (Wildman–Crippen LogP) is 2.40. The molecule has 4 nitrogen and oxygen atoms in total. The molecule has 1 fully saturated rings. The average Bonchev–Trinajstić information content (AvgIpc) is 2.26. The average molecular weight is 227 g/mol. The molecule has 1 unspecified atom stereocenters. The molecule has 1 rings (SSSR count). The molecule has 16 heavy (non-hydrogen) atoms. The third kappa shape index (κ3) is 4.64. The molecule has 1 aliphatic carbocycles. The van der Waals surface area contributed by atoms with E-state index in [1.54, 1.807) is 6.92 Å². The number of ether oxygens (including phenoxy) is 1. The topological polar surface area (TPSA) is 69.4 Å². The zero-order chi connectivity index (χ0) is 12.0. The molecule has 0 saturated heterocycles. The van der Waals surface area contributed by atoms with Gasteiger partial charge < -0.3 is 10.5 Å². The summed E-state index contributed by atoms with van der Waals surface area (Å²) in [5.41, 5.74) is 4.90. The summed E-state index contributed by atoms with van der Waals surface area (Å²) < 4.78 is 4.77. The van der Waals surface area contributed by atoms with Crippen molar-refractivity contribution in [1.29, 1.82) is 0 Å². The van der Waals surface area contributed by atoms with E-state index >= 15 is 0 Å². The van der Waals surface area contributed by atoms with E-state index in [1.165, 1.54) is 19.3 Å². The Morgan fingerprint density at radius 3 is 2.50 bits per heavy atom. The fourth-order valence-electron chi connectivity index (χ4n) is 2.23. The number of hydrogen-bond donors (Lipinski definition) is 1. The van der Waals surface area contributed by atoms with Crippen LogP contribution in [0.2, 0.25) is 0 Å². The Morgan fingerprint density at radius 2 is 1.94 bits per heavy atom. The number of ketones is 1. The maximum absolute atomic E-state index is 11.8. The summed E-state index contributed by atoms with van der Waals surface area (Å²) in [6.45, 7) is 1.76. The van der Waals surface area contributed by atoms with Crippen molar-refractivity contribution in [2.75, 3.05) is 0 Å². The Kier molecular flexibility index (Phi) is 5.29. The molecule has 0 radical (unpaired) electrons. The van der Waals surface area contributed by atoms with Crippen LogP contribution in [-0.4, -0.2) is 18.0 Å². The SMILES string of the molecule is CC(CCC(=O)C1CCCCC1)OC(N)=O. The number of carbonyl (C=O) groups is 2. The molecule has 0 aromatic rings. The van der Waals surface area contributed by atoms with E-state index in [2.05, 4.69) is 0 Å². The maximum Gasteiger partial charge on any atom is 0.404 e. The minimum absolute atomic E-state index is 0.245. The van der Waals surface area contributed by atoms with Gasteiger partial charge in [0, 0.05) is 12.3 Å². The normalized spacial score (nSPS) is 19.1. The Balaban J connectivity index is 2.20. The van der Waals surface area contributed by atoms with Crippen molar-refractivity contribution in [3.8, 4) is 0 Å². The van der Waals surface area contributed by atoms with E-state index in [-0.39, 0.29) is 12.0 Å². The Hall–Kier alpha value is -1.06. The van der Waals surface area contributed by atoms with E-state index in [0.29, 0.717) is 18.6 Å². The van der Waals surface area contributed by atoms with Crippen LogP contribution in [0.25, 0.3) is 0 Å². The molecule has 92 valence electrons. The summed E-state index contributed by atoms with van der Waals surface area (Å²) in [6.07, 6.45) is 5.71. The summed E-state index contributed by atoms with van der Waals surface area (Å²) in [7, 11) is 0. The predicted molar refractivity (Wildman–Crippen MR) is 60.9 cm³/mol. The monoisotopic (exact) mass is 227 g/mol. The van der Waals surface area contributed by atoms with Crippen LogP contribution in [0.5, 0.6) is 0 Å². The Labute approximate surface area is 96.5 Å². The molecule has 0 aromatic carbocycles. The zero-order valence-electron chi connectivity index (χ0n) is 9.91. The second-order valence-corrected chi connectivity index (χ2v) is 4.59. The van der Waals surface area contributed by atoms with Gasteiger partial charge in [0.1, 0.15) is 11.9 Å².